The summed E-state index contributed by atoms with van der Waals surface area (Å²) >= 11 is 5.11. The largest absolute Gasteiger partial charge is 0.359 e. The van der Waals surface area contributed by atoms with E-state index < -0.39 is 9.84 Å². The third-order valence-electron chi connectivity index (χ3n) is 3.71. The first-order valence-corrected chi connectivity index (χ1v) is 9.78. The van der Waals surface area contributed by atoms with Gasteiger partial charge in [0.1, 0.15) is 0 Å². The van der Waals surface area contributed by atoms with Gasteiger partial charge in [0, 0.05) is 17.3 Å². The lowest BCUT2D eigenvalue weighted by atomic mass is 10.2. The summed E-state index contributed by atoms with van der Waals surface area (Å²) in [4.78, 5) is 0. The molecular formula is C14H23N5O2S2. The Morgan fingerprint density at radius 2 is 2.17 bits per heavy atom. The van der Waals surface area contributed by atoms with E-state index >= 15 is 0 Å². The average Bonchev–Trinajstić information content (AvgIpc) is 2.91. The maximum atomic E-state index is 11.7. The number of hydrogen-bond acceptors (Lipinski definition) is 5. The number of aryl methyl sites for hydroxylation is 1. The van der Waals surface area contributed by atoms with Crippen molar-refractivity contribution in [3.8, 4) is 0 Å². The number of sulfone groups is 1. The molecule has 1 aliphatic rings. The quantitative estimate of drug-likeness (QED) is 0.476. The van der Waals surface area contributed by atoms with Crippen LogP contribution in [0.3, 0.4) is 0 Å². The summed E-state index contributed by atoms with van der Waals surface area (Å²) in [6, 6.07) is 0.151. The molecular weight excluding hydrogens is 334 g/mol. The molecule has 0 spiro atoms. The summed E-state index contributed by atoms with van der Waals surface area (Å²) < 4.78 is 25.1. The molecule has 1 aromatic rings. The fraction of sp³-hybridized carbons (Fsp3) is 0.643. The predicted molar refractivity (Wildman–Crippen MR) is 95.6 cm³/mol. The topological polar surface area (TPSA) is 88.4 Å². The van der Waals surface area contributed by atoms with Crippen LogP contribution in [0.1, 0.15) is 43.3 Å². The molecule has 0 unspecified atom stereocenters. The molecule has 1 fully saturated rings. The average molecular weight is 358 g/mol. The minimum absolute atomic E-state index is 0.0857. The van der Waals surface area contributed by atoms with Crippen molar-refractivity contribution in [2.45, 2.75) is 46.2 Å². The molecule has 128 valence electrons. The lowest BCUT2D eigenvalue weighted by Gasteiger charge is -2.11. The Labute approximate surface area is 142 Å². The maximum Gasteiger partial charge on any atom is 0.187 e. The Kier molecular flexibility index (Phi) is 5.41. The predicted octanol–water partition coefficient (Wildman–Crippen LogP) is 1.07. The number of nitrogens with zero attached hydrogens (tertiary/aromatic N) is 3. The summed E-state index contributed by atoms with van der Waals surface area (Å²) in [6.07, 6.45) is 2.29. The van der Waals surface area contributed by atoms with E-state index in [1.54, 1.807) is 6.21 Å². The van der Waals surface area contributed by atoms with E-state index in [1.165, 1.54) is 0 Å². The first-order valence-electron chi connectivity index (χ1n) is 7.55. The van der Waals surface area contributed by atoms with Gasteiger partial charge in [-0.05, 0) is 46.3 Å². The van der Waals surface area contributed by atoms with Crippen molar-refractivity contribution < 1.29 is 8.42 Å². The van der Waals surface area contributed by atoms with Gasteiger partial charge in [-0.1, -0.05) is 0 Å². The van der Waals surface area contributed by atoms with Crippen molar-refractivity contribution in [3.63, 3.8) is 0 Å². The van der Waals surface area contributed by atoms with Crippen molar-refractivity contribution >= 4 is 33.4 Å². The molecule has 2 N–H and O–H groups in total. The summed E-state index contributed by atoms with van der Waals surface area (Å²) in [5.41, 5.74) is 5.38. The van der Waals surface area contributed by atoms with Crippen LogP contribution in [0.5, 0.6) is 0 Å². The van der Waals surface area contributed by atoms with Crippen molar-refractivity contribution in [2.24, 2.45) is 5.10 Å². The van der Waals surface area contributed by atoms with Crippen LogP contribution in [-0.4, -0.2) is 47.1 Å². The van der Waals surface area contributed by atoms with Crippen LogP contribution < -0.4 is 10.7 Å². The second-order valence-corrected chi connectivity index (χ2v) is 8.72. The van der Waals surface area contributed by atoms with Crippen LogP contribution in [0.4, 0.5) is 0 Å². The third kappa shape index (κ3) is 4.51. The van der Waals surface area contributed by atoms with Crippen molar-refractivity contribution in [1.82, 2.24) is 20.5 Å². The van der Waals surface area contributed by atoms with Gasteiger partial charge in [0.25, 0.3) is 0 Å². The highest BCUT2D eigenvalue weighted by molar-refractivity contribution is 7.91. The highest BCUT2D eigenvalue weighted by Crippen LogP contribution is 2.26. The summed E-state index contributed by atoms with van der Waals surface area (Å²) in [5.74, 6) is 0.391. The number of nitrogens with one attached hydrogen (secondary N) is 2. The van der Waals surface area contributed by atoms with E-state index in [0.717, 1.165) is 17.0 Å². The Morgan fingerprint density at radius 1 is 1.48 bits per heavy atom. The number of thiocarbonyl (C=S) groups is 1. The molecule has 0 amide bonds. The SMILES string of the molecule is Cc1nn([C@@H]2CCS(=O)(=O)C2)c(C)c1/C=N\NC(=S)NC(C)C. The van der Waals surface area contributed by atoms with Crippen LogP contribution in [0.2, 0.25) is 0 Å². The molecule has 0 aliphatic carbocycles. The van der Waals surface area contributed by atoms with E-state index in [9.17, 15) is 8.42 Å². The highest BCUT2D eigenvalue weighted by Gasteiger charge is 2.31. The molecule has 1 aliphatic heterocycles. The van der Waals surface area contributed by atoms with Crippen LogP contribution in [0, 0.1) is 13.8 Å². The van der Waals surface area contributed by atoms with Gasteiger partial charge in [0.15, 0.2) is 14.9 Å². The minimum Gasteiger partial charge on any atom is -0.359 e. The van der Waals surface area contributed by atoms with Gasteiger partial charge in [-0.2, -0.15) is 10.2 Å². The fourth-order valence-electron chi connectivity index (χ4n) is 2.64. The lowest BCUT2D eigenvalue weighted by Crippen LogP contribution is -2.36. The number of hydrogen-bond donors (Lipinski definition) is 2. The third-order valence-corrected chi connectivity index (χ3v) is 5.67. The van der Waals surface area contributed by atoms with Crippen molar-refractivity contribution in [3.05, 3.63) is 17.0 Å². The monoisotopic (exact) mass is 357 g/mol. The van der Waals surface area contributed by atoms with Gasteiger partial charge in [-0.3, -0.25) is 10.1 Å². The summed E-state index contributed by atoms with van der Waals surface area (Å²) in [7, 11) is -2.94. The fourth-order valence-corrected chi connectivity index (χ4v) is 4.62. The van der Waals surface area contributed by atoms with Gasteiger partial charge >= 0.3 is 0 Å². The molecule has 2 heterocycles. The molecule has 0 bridgehead atoms. The Morgan fingerprint density at radius 3 is 2.74 bits per heavy atom. The lowest BCUT2D eigenvalue weighted by molar-refractivity contribution is 0.486. The van der Waals surface area contributed by atoms with Gasteiger partial charge in [-0.15, -0.1) is 0 Å². The smallest absolute Gasteiger partial charge is 0.187 e. The molecule has 1 atom stereocenters. The molecule has 0 saturated carbocycles. The first-order chi connectivity index (χ1) is 10.7. The highest BCUT2D eigenvalue weighted by atomic mass is 32.2. The van der Waals surface area contributed by atoms with Crippen LogP contribution >= 0.6 is 12.2 Å². The van der Waals surface area contributed by atoms with Gasteiger partial charge in [0.05, 0.1) is 29.5 Å². The molecule has 1 aromatic heterocycles. The zero-order valence-corrected chi connectivity index (χ0v) is 15.5. The molecule has 9 heteroatoms. The zero-order valence-electron chi connectivity index (χ0n) is 13.8. The molecule has 2 rings (SSSR count). The molecule has 0 radical (unpaired) electrons. The van der Waals surface area contributed by atoms with E-state index in [-0.39, 0.29) is 23.6 Å². The summed E-state index contributed by atoms with van der Waals surface area (Å²) in [6.45, 7) is 7.80. The van der Waals surface area contributed by atoms with E-state index in [0.29, 0.717) is 11.5 Å². The van der Waals surface area contributed by atoms with E-state index in [4.69, 9.17) is 12.2 Å². The molecule has 0 aromatic carbocycles. The van der Waals surface area contributed by atoms with Crippen molar-refractivity contribution in [1.29, 1.82) is 0 Å². The first kappa shape index (κ1) is 17.9. The standard InChI is InChI=1S/C14H23N5O2S2/c1-9(2)16-14(22)17-15-7-13-10(3)18-19(11(13)4)12-5-6-23(20,21)8-12/h7,9,12H,5-6,8H2,1-4H3,(H2,16,17,22)/b15-7-/t12-/m1/s1. The minimum atomic E-state index is -2.94. The zero-order chi connectivity index (χ0) is 17.2. The number of aromatic nitrogens is 2. The number of hydrazone groups is 1. The normalized spacial score (nSPS) is 20.3. The summed E-state index contributed by atoms with van der Waals surface area (Å²) in [5, 5.41) is 12.1. The Balaban J connectivity index is 2.11. The van der Waals surface area contributed by atoms with E-state index in [1.807, 2.05) is 32.4 Å². The van der Waals surface area contributed by atoms with E-state index in [2.05, 4.69) is 20.9 Å². The Bertz CT molecular complexity index is 722. The number of rotatable bonds is 4. The molecule has 7 nitrogen and oxygen atoms in total. The van der Waals surface area contributed by atoms with Crippen LogP contribution in [0.25, 0.3) is 0 Å². The Hall–Kier alpha value is -1.48. The maximum absolute atomic E-state index is 11.7. The van der Waals surface area contributed by atoms with Crippen molar-refractivity contribution in [2.75, 3.05) is 11.5 Å². The molecule has 23 heavy (non-hydrogen) atoms. The van der Waals surface area contributed by atoms with Crippen LogP contribution in [0.15, 0.2) is 5.10 Å². The molecule has 1 saturated heterocycles. The second kappa shape index (κ2) is 6.96. The van der Waals surface area contributed by atoms with Gasteiger partial charge in [-0.25, -0.2) is 8.42 Å². The second-order valence-electron chi connectivity index (χ2n) is 6.08. The van der Waals surface area contributed by atoms with Gasteiger partial charge < -0.3 is 5.32 Å². The van der Waals surface area contributed by atoms with Gasteiger partial charge in [0.2, 0.25) is 0 Å². The van der Waals surface area contributed by atoms with Crippen LogP contribution in [-0.2, 0) is 9.84 Å².